The number of aryl methyl sites for hydroxylation is 1. The van der Waals surface area contributed by atoms with Crippen LogP contribution in [0.25, 0.3) is 6.08 Å². The van der Waals surface area contributed by atoms with Crippen molar-refractivity contribution in [2.45, 2.75) is 13.8 Å². The Morgan fingerprint density at radius 3 is 2.55 bits per heavy atom. The number of halogens is 1. The average Bonchev–Trinajstić information content (AvgIpc) is 2.70. The van der Waals surface area contributed by atoms with Gasteiger partial charge in [-0.05, 0) is 49.2 Å². The molecule has 2 rings (SSSR count). The van der Waals surface area contributed by atoms with Gasteiger partial charge in [-0.25, -0.2) is 0 Å². The molecule has 0 atom stereocenters. The van der Waals surface area contributed by atoms with Crippen molar-refractivity contribution in [3.63, 3.8) is 0 Å². The second kappa shape index (κ2) is 11.0. The number of methoxy groups -OCH3 is 1. The van der Waals surface area contributed by atoms with E-state index in [1.54, 1.807) is 24.3 Å². The zero-order valence-corrected chi connectivity index (χ0v) is 17.2. The lowest BCUT2D eigenvalue weighted by atomic mass is 10.2. The number of para-hydroxylation sites is 1. The van der Waals surface area contributed by atoms with Crippen molar-refractivity contribution in [3.8, 4) is 17.2 Å². The summed E-state index contributed by atoms with van der Waals surface area (Å²) in [5, 5.41) is 0.361. The SMILES string of the molecule is CCOc1cc(/C=C/C(=O)NNC(=O)COc2ccccc2C)cc(Cl)c1OC. The van der Waals surface area contributed by atoms with Crippen LogP contribution in [0.1, 0.15) is 18.1 Å². The highest BCUT2D eigenvalue weighted by atomic mass is 35.5. The van der Waals surface area contributed by atoms with Gasteiger partial charge in [-0.15, -0.1) is 0 Å². The molecule has 7 nitrogen and oxygen atoms in total. The zero-order chi connectivity index (χ0) is 21.2. The first kappa shape index (κ1) is 22.1. The zero-order valence-electron chi connectivity index (χ0n) is 16.5. The molecule has 29 heavy (non-hydrogen) atoms. The fourth-order valence-corrected chi connectivity index (χ4v) is 2.68. The minimum absolute atomic E-state index is 0.222. The van der Waals surface area contributed by atoms with Crippen LogP contribution in [0.5, 0.6) is 17.2 Å². The molecule has 0 fully saturated rings. The van der Waals surface area contributed by atoms with Crippen molar-refractivity contribution in [3.05, 3.63) is 58.6 Å². The molecular weight excluding hydrogens is 396 g/mol. The van der Waals surface area contributed by atoms with Crippen LogP contribution in [0, 0.1) is 6.92 Å². The summed E-state index contributed by atoms with van der Waals surface area (Å²) in [4.78, 5) is 23.7. The molecule has 0 saturated heterocycles. The number of nitrogens with one attached hydrogen (secondary N) is 2. The predicted molar refractivity (Wildman–Crippen MR) is 111 cm³/mol. The van der Waals surface area contributed by atoms with Gasteiger partial charge in [0.2, 0.25) is 0 Å². The molecule has 0 aliphatic rings. The Morgan fingerprint density at radius 1 is 1.10 bits per heavy atom. The lowest BCUT2D eigenvalue weighted by molar-refractivity contribution is -0.128. The van der Waals surface area contributed by atoms with E-state index in [9.17, 15) is 9.59 Å². The normalized spacial score (nSPS) is 10.5. The molecule has 2 aromatic carbocycles. The van der Waals surface area contributed by atoms with E-state index in [1.165, 1.54) is 13.2 Å². The Kier molecular flexibility index (Phi) is 8.36. The minimum atomic E-state index is -0.515. The van der Waals surface area contributed by atoms with Crippen molar-refractivity contribution >= 4 is 29.5 Å². The Hall–Kier alpha value is -3.19. The van der Waals surface area contributed by atoms with Gasteiger partial charge in [0.1, 0.15) is 5.75 Å². The maximum Gasteiger partial charge on any atom is 0.276 e. The van der Waals surface area contributed by atoms with Crippen LogP contribution in [-0.2, 0) is 9.59 Å². The summed E-state index contributed by atoms with van der Waals surface area (Å²) < 4.78 is 16.1. The fourth-order valence-electron chi connectivity index (χ4n) is 2.39. The number of carbonyl (C=O) groups is 2. The molecule has 0 bridgehead atoms. The van der Waals surface area contributed by atoms with E-state index < -0.39 is 11.8 Å². The number of carbonyl (C=O) groups excluding carboxylic acids is 2. The Labute approximate surface area is 174 Å². The van der Waals surface area contributed by atoms with Crippen LogP contribution in [0.2, 0.25) is 5.02 Å². The molecule has 0 aliphatic heterocycles. The van der Waals surface area contributed by atoms with Gasteiger partial charge >= 0.3 is 0 Å². The molecule has 0 heterocycles. The van der Waals surface area contributed by atoms with Gasteiger partial charge in [0.25, 0.3) is 11.8 Å². The van der Waals surface area contributed by atoms with Crippen molar-refractivity contribution in [1.29, 1.82) is 0 Å². The van der Waals surface area contributed by atoms with Gasteiger partial charge < -0.3 is 14.2 Å². The lowest BCUT2D eigenvalue weighted by Gasteiger charge is -2.11. The first-order valence-corrected chi connectivity index (χ1v) is 9.28. The molecule has 0 aliphatic carbocycles. The molecule has 2 amide bonds. The number of rotatable bonds is 8. The quantitative estimate of drug-likeness (QED) is 0.507. The number of hydrogen-bond donors (Lipinski definition) is 2. The van der Waals surface area contributed by atoms with Gasteiger partial charge in [-0.3, -0.25) is 20.4 Å². The summed E-state index contributed by atoms with van der Waals surface area (Å²) in [5.41, 5.74) is 6.13. The molecule has 2 N–H and O–H groups in total. The predicted octanol–water partition coefficient (Wildman–Crippen LogP) is 3.30. The van der Waals surface area contributed by atoms with Gasteiger partial charge in [0.05, 0.1) is 18.7 Å². The van der Waals surface area contributed by atoms with Crippen LogP contribution >= 0.6 is 11.6 Å². The highest BCUT2D eigenvalue weighted by Gasteiger charge is 2.11. The summed E-state index contributed by atoms with van der Waals surface area (Å²) in [5.74, 6) is 0.510. The number of benzene rings is 2. The summed E-state index contributed by atoms with van der Waals surface area (Å²) in [6, 6.07) is 10.7. The van der Waals surface area contributed by atoms with Crippen LogP contribution in [0.15, 0.2) is 42.5 Å². The van der Waals surface area contributed by atoms with Crippen molar-refractivity contribution in [2.24, 2.45) is 0 Å². The van der Waals surface area contributed by atoms with Gasteiger partial charge in [-0.1, -0.05) is 29.8 Å². The molecule has 154 valence electrons. The highest BCUT2D eigenvalue weighted by molar-refractivity contribution is 6.32. The van der Waals surface area contributed by atoms with Crippen molar-refractivity contribution < 1.29 is 23.8 Å². The van der Waals surface area contributed by atoms with Gasteiger partial charge in [-0.2, -0.15) is 0 Å². The lowest BCUT2D eigenvalue weighted by Crippen LogP contribution is -2.43. The van der Waals surface area contributed by atoms with E-state index >= 15 is 0 Å². The van der Waals surface area contributed by atoms with E-state index in [0.717, 1.165) is 5.56 Å². The Morgan fingerprint density at radius 2 is 1.86 bits per heavy atom. The molecule has 2 aromatic rings. The van der Waals surface area contributed by atoms with Gasteiger partial charge in [0.15, 0.2) is 18.1 Å². The van der Waals surface area contributed by atoms with Crippen molar-refractivity contribution in [1.82, 2.24) is 10.9 Å². The summed E-state index contributed by atoms with van der Waals surface area (Å²) in [6.45, 7) is 3.94. The van der Waals surface area contributed by atoms with Crippen LogP contribution < -0.4 is 25.1 Å². The molecule has 0 unspecified atom stereocenters. The number of hydrogen-bond acceptors (Lipinski definition) is 5. The first-order chi connectivity index (χ1) is 13.9. The third kappa shape index (κ3) is 6.73. The summed E-state index contributed by atoms with van der Waals surface area (Å²) in [7, 11) is 1.50. The minimum Gasteiger partial charge on any atom is -0.491 e. The largest absolute Gasteiger partial charge is 0.491 e. The van der Waals surface area contributed by atoms with Crippen LogP contribution in [-0.4, -0.2) is 32.1 Å². The summed E-state index contributed by atoms with van der Waals surface area (Å²) >= 11 is 6.17. The standard InChI is InChI=1S/C21H23ClN2O5/c1-4-28-18-12-15(11-16(22)21(18)27-3)9-10-19(25)23-24-20(26)13-29-17-8-6-5-7-14(17)2/h5-12H,4,13H2,1-3H3,(H,23,25)(H,24,26)/b10-9+. The molecule has 8 heteroatoms. The Bertz CT molecular complexity index is 899. The second-order valence-corrected chi connectivity index (χ2v) is 6.30. The molecule has 0 saturated carbocycles. The van der Waals surface area contributed by atoms with E-state index in [4.69, 9.17) is 25.8 Å². The van der Waals surface area contributed by atoms with E-state index in [-0.39, 0.29) is 6.61 Å². The maximum atomic E-state index is 11.9. The van der Waals surface area contributed by atoms with E-state index in [0.29, 0.717) is 34.4 Å². The number of hydrazine groups is 1. The monoisotopic (exact) mass is 418 g/mol. The smallest absolute Gasteiger partial charge is 0.276 e. The first-order valence-electron chi connectivity index (χ1n) is 8.90. The molecule has 0 spiro atoms. The van der Waals surface area contributed by atoms with Crippen LogP contribution in [0.3, 0.4) is 0 Å². The molecule has 0 radical (unpaired) electrons. The van der Waals surface area contributed by atoms with Crippen LogP contribution in [0.4, 0.5) is 0 Å². The number of ether oxygens (including phenoxy) is 3. The van der Waals surface area contributed by atoms with E-state index in [1.807, 2.05) is 32.0 Å². The van der Waals surface area contributed by atoms with E-state index in [2.05, 4.69) is 10.9 Å². The highest BCUT2D eigenvalue weighted by Crippen LogP contribution is 2.36. The molecular formula is C21H23ClN2O5. The third-order valence-electron chi connectivity index (χ3n) is 3.74. The fraction of sp³-hybridized carbons (Fsp3) is 0.238. The number of amides is 2. The summed E-state index contributed by atoms with van der Waals surface area (Å²) in [6.07, 6.45) is 2.80. The van der Waals surface area contributed by atoms with Crippen molar-refractivity contribution in [2.75, 3.05) is 20.3 Å². The third-order valence-corrected chi connectivity index (χ3v) is 4.02. The average molecular weight is 419 g/mol. The topological polar surface area (TPSA) is 85.9 Å². The Balaban J connectivity index is 1.88. The second-order valence-electron chi connectivity index (χ2n) is 5.89. The van der Waals surface area contributed by atoms with Gasteiger partial charge in [0, 0.05) is 6.08 Å². The molecule has 0 aromatic heterocycles. The maximum absolute atomic E-state index is 11.9.